The summed E-state index contributed by atoms with van der Waals surface area (Å²) in [7, 11) is 1.17. The highest BCUT2D eigenvalue weighted by Gasteiger charge is 2.22. The van der Waals surface area contributed by atoms with E-state index >= 15 is 0 Å². The van der Waals surface area contributed by atoms with Gasteiger partial charge in [-0.05, 0) is 77.0 Å². The van der Waals surface area contributed by atoms with E-state index in [1.807, 2.05) is 21.1 Å². The number of phosphoric ester groups is 1. The summed E-state index contributed by atoms with van der Waals surface area (Å²) < 4.78 is 34.2. The predicted molar refractivity (Wildman–Crippen MR) is 314 cm³/mol. The monoisotopic (exact) mass is 1060 g/mol. The number of rotatable bonds is 57. The number of carbonyl (C=O) groups excluding carboxylic acids is 2. The van der Waals surface area contributed by atoms with Gasteiger partial charge in [0.15, 0.2) is 6.10 Å². The SMILES string of the molecule is CC/C=C\C/C=C\C/C=C\C/C=C\CCCCCCCCCCCCCCCCC(=O)OC(COC(=O)CCCCCCCCCCCCC/C=C\CCCCCCCCCC)COP(=O)([O-])OCC[N+](C)(C)C. The molecule has 0 aromatic heterocycles. The van der Waals surface area contributed by atoms with Crippen LogP contribution in [0.3, 0.4) is 0 Å². The first-order chi connectivity index (χ1) is 36.0. The highest BCUT2D eigenvalue weighted by molar-refractivity contribution is 7.45. The number of ether oxygens (including phenoxy) is 2. The van der Waals surface area contributed by atoms with Gasteiger partial charge >= 0.3 is 11.9 Å². The summed E-state index contributed by atoms with van der Waals surface area (Å²) >= 11 is 0. The van der Waals surface area contributed by atoms with Crippen LogP contribution < -0.4 is 4.89 Å². The van der Waals surface area contributed by atoms with Crippen LogP contribution in [0.25, 0.3) is 0 Å². The Morgan fingerprint density at radius 3 is 1.16 bits per heavy atom. The largest absolute Gasteiger partial charge is 0.756 e. The number of nitrogens with zero attached hydrogens (tertiary/aromatic N) is 1. The Kier molecular flexibility index (Phi) is 53.7. The number of quaternary nitrogens is 1. The molecule has 0 amide bonds. The van der Waals surface area contributed by atoms with Crippen LogP contribution in [0.15, 0.2) is 60.8 Å². The molecule has 432 valence electrons. The summed E-state index contributed by atoms with van der Waals surface area (Å²) in [5, 5.41) is 0. The molecule has 0 N–H and O–H groups in total. The number of allylic oxidation sites excluding steroid dienone is 10. The van der Waals surface area contributed by atoms with E-state index in [0.717, 1.165) is 64.2 Å². The minimum Gasteiger partial charge on any atom is -0.756 e. The topological polar surface area (TPSA) is 111 Å². The van der Waals surface area contributed by atoms with Crippen molar-refractivity contribution in [2.24, 2.45) is 0 Å². The molecule has 2 unspecified atom stereocenters. The molecule has 74 heavy (non-hydrogen) atoms. The Morgan fingerprint density at radius 1 is 0.432 bits per heavy atom. The maximum atomic E-state index is 12.8. The molecule has 0 aliphatic carbocycles. The highest BCUT2D eigenvalue weighted by atomic mass is 31.2. The van der Waals surface area contributed by atoms with Crippen LogP contribution in [0.4, 0.5) is 0 Å². The van der Waals surface area contributed by atoms with E-state index in [0.29, 0.717) is 17.4 Å². The molecule has 2 atom stereocenters. The summed E-state index contributed by atoms with van der Waals surface area (Å²) in [5.41, 5.74) is 0. The van der Waals surface area contributed by atoms with E-state index in [2.05, 4.69) is 74.6 Å². The Morgan fingerprint density at radius 2 is 0.770 bits per heavy atom. The predicted octanol–water partition coefficient (Wildman–Crippen LogP) is 18.9. The molecule has 0 spiro atoms. The van der Waals surface area contributed by atoms with Gasteiger partial charge in [0.1, 0.15) is 19.8 Å². The molecule has 0 bridgehead atoms. The van der Waals surface area contributed by atoms with Gasteiger partial charge in [0.05, 0.1) is 27.7 Å². The van der Waals surface area contributed by atoms with E-state index in [-0.39, 0.29) is 32.0 Å². The van der Waals surface area contributed by atoms with Crippen molar-refractivity contribution in [2.75, 3.05) is 47.5 Å². The number of phosphoric acid groups is 1. The van der Waals surface area contributed by atoms with Crippen molar-refractivity contribution < 1.29 is 42.1 Å². The third kappa shape index (κ3) is 59.0. The Labute approximate surface area is 457 Å². The van der Waals surface area contributed by atoms with E-state index in [4.69, 9.17) is 18.5 Å². The Balaban J connectivity index is 4.11. The quantitative estimate of drug-likeness (QED) is 0.0195. The van der Waals surface area contributed by atoms with Crippen molar-refractivity contribution >= 4 is 19.8 Å². The van der Waals surface area contributed by atoms with Crippen LogP contribution in [0.5, 0.6) is 0 Å². The molecule has 0 radical (unpaired) electrons. The molecule has 0 aromatic carbocycles. The summed E-state index contributed by atoms with van der Waals surface area (Å²) in [5.74, 6) is -0.825. The van der Waals surface area contributed by atoms with Crippen LogP contribution in [0.2, 0.25) is 0 Å². The van der Waals surface area contributed by atoms with Gasteiger partial charge in [0.2, 0.25) is 0 Å². The van der Waals surface area contributed by atoms with Gasteiger partial charge in [-0.2, -0.15) is 0 Å². The van der Waals surface area contributed by atoms with E-state index in [1.54, 1.807) is 0 Å². The molecule has 0 aliphatic heterocycles. The van der Waals surface area contributed by atoms with Gasteiger partial charge in [-0.3, -0.25) is 14.2 Å². The maximum Gasteiger partial charge on any atom is 0.306 e. The summed E-state index contributed by atoms with van der Waals surface area (Å²) in [4.78, 5) is 37.9. The summed E-state index contributed by atoms with van der Waals surface area (Å²) in [6.07, 6.45) is 71.3. The zero-order valence-electron chi connectivity index (χ0n) is 49.0. The molecule has 0 saturated carbocycles. The van der Waals surface area contributed by atoms with Gasteiger partial charge in [-0.15, -0.1) is 0 Å². The van der Waals surface area contributed by atoms with E-state index < -0.39 is 26.5 Å². The number of hydrogen-bond acceptors (Lipinski definition) is 8. The van der Waals surface area contributed by atoms with E-state index in [9.17, 15) is 19.0 Å². The van der Waals surface area contributed by atoms with E-state index in [1.165, 1.54) is 186 Å². The highest BCUT2D eigenvalue weighted by Crippen LogP contribution is 2.38. The van der Waals surface area contributed by atoms with Crippen LogP contribution in [-0.2, 0) is 32.7 Å². The lowest BCUT2D eigenvalue weighted by molar-refractivity contribution is -0.870. The van der Waals surface area contributed by atoms with Crippen molar-refractivity contribution in [1.29, 1.82) is 0 Å². The molecule has 0 aliphatic rings. The molecule has 0 saturated heterocycles. The molecule has 0 fully saturated rings. The van der Waals surface area contributed by atoms with Crippen LogP contribution in [-0.4, -0.2) is 70.0 Å². The average molecular weight is 1060 g/mol. The lowest BCUT2D eigenvalue weighted by atomic mass is 10.0. The smallest absolute Gasteiger partial charge is 0.306 e. The lowest BCUT2D eigenvalue weighted by Gasteiger charge is -2.28. The fourth-order valence-corrected chi connectivity index (χ4v) is 9.49. The molecule has 0 aromatic rings. The molecule has 0 rings (SSSR count). The van der Waals surface area contributed by atoms with Crippen molar-refractivity contribution in [3.05, 3.63) is 60.8 Å². The molecule has 0 heterocycles. The standard InChI is InChI=1S/C64H118NO8P/c1-6-8-10-12-14-16-18-20-22-24-26-28-30-31-32-33-35-37-39-41-43-45-47-49-51-53-55-57-64(67)73-62(61-72-74(68,69)71-59-58-65(3,4)5)60-70-63(66)56-54-52-50-48-46-44-42-40-38-36-34-29-27-25-23-21-19-17-15-13-11-9-7-2/h8,10,14,16,20,22,25-28,62H,6-7,9,11-13,15,17-19,21,23-24,29-61H2,1-5H3/b10-8-,16-14-,22-20-,27-25-,28-26-. The van der Waals surface area contributed by atoms with Crippen LogP contribution in [0, 0.1) is 0 Å². The van der Waals surface area contributed by atoms with Crippen LogP contribution in [0.1, 0.15) is 284 Å². The Bertz CT molecular complexity index is 1430. The first-order valence-corrected chi connectivity index (χ1v) is 32.5. The lowest BCUT2D eigenvalue weighted by Crippen LogP contribution is -2.37. The third-order valence-corrected chi connectivity index (χ3v) is 14.5. The number of carbonyl (C=O) groups is 2. The second-order valence-corrected chi connectivity index (χ2v) is 23.4. The van der Waals surface area contributed by atoms with Gasteiger partial charge in [0.25, 0.3) is 7.82 Å². The third-order valence-electron chi connectivity index (χ3n) is 13.5. The van der Waals surface area contributed by atoms with Gasteiger partial charge in [-0.1, -0.05) is 254 Å². The molecule has 10 heteroatoms. The Hall–Kier alpha value is -2.29. The number of unbranched alkanes of at least 4 members (excludes halogenated alkanes) is 33. The van der Waals surface area contributed by atoms with Crippen molar-refractivity contribution in [3.8, 4) is 0 Å². The molecule has 9 nitrogen and oxygen atoms in total. The second-order valence-electron chi connectivity index (χ2n) is 22.0. The van der Waals surface area contributed by atoms with Gasteiger partial charge < -0.3 is 27.9 Å². The number of likely N-dealkylation sites (N-methyl/N-ethyl adjacent to an activating group) is 1. The normalized spacial score (nSPS) is 13.6. The van der Waals surface area contributed by atoms with Crippen molar-refractivity contribution in [3.63, 3.8) is 0 Å². The fourth-order valence-electron chi connectivity index (χ4n) is 8.76. The second kappa shape index (κ2) is 55.5. The minimum atomic E-state index is -4.64. The van der Waals surface area contributed by atoms with Gasteiger partial charge in [-0.25, -0.2) is 0 Å². The summed E-state index contributed by atoms with van der Waals surface area (Å²) in [6, 6.07) is 0. The van der Waals surface area contributed by atoms with Gasteiger partial charge in [0, 0.05) is 12.8 Å². The minimum absolute atomic E-state index is 0.0313. The fraction of sp³-hybridized carbons (Fsp3) is 0.812. The maximum absolute atomic E-state index is 12.8. The summed E-state index contributed by atoms with van der Waals surface area (Å²) in [6.45, 7) is 4.16. The van der Waals surface area contributed by atoms with Crippen molar-refractivity contribution in [1.82, 2.24) is 0 Å². The molecular weight excluding hydrogens is 942 g/mol. The zero-order chi connectivity index (χ0) is 54.2. The van der Waals surface area contributed by atoms with Crippen LogP contribution >= 0.6 is 7.82 Å². The molecular formula is C64H118NO8P. The van der Waals surface area contributed by atoms with Crippen molar-refractivity contribution in [2.45, 2.75) is 290 Å². The first kappa shape index (κ1) is 71.7. The average Bonchev–Trinajstić information content (AvgIpc) is 3.36. The number of hydrogen-bond donors (Lipinski definition) is 0. The zero-order valence-corrected chi connectivity index (χ0v) is 49.9. The number of esters is 2. The first-order valence-electron chi connectivity index (χ1n) is 31.0.